The third kappa shape index (κ3) is 5.04. The number of aryl methyl sites for hydroxylation is 2. The molecule has 0 fully saturated rings. The van der Waals surface area contributed by atoms with Crippen molar-refractivity contribution in [2.24, 2.45) is 4.99 Å². The van der Waals surface area contributed by atoms with Crippen LogP contribution in [0.2, 0.25) is 0 Å². The molecule has 0 aliphatic heterocycles. The molecule has 4 rings (SSSR count). The molecule has 3 aromatic carbocycles. The van der Waals surface area contributed by atoms with Gasteiger partial charge in [-0.3, -0.25) is 9.59 Å². The number of amides is 1. The van der Waals surface area contributed by atoms with Crippen LogP contribution in [0.3, 0.4) is 0 Å². The second-order valence-electron chi connectivity index (χ2n) is 7.53. The van der Waals surface area contributed by atoms with E-state index in [4.69, 9.17) is 9.47 Å². The van der Waals surface area contributed by atoms with Gasteiger partial charge in [-0.2, -0.15) is 4.99 Å². The molecule has 0 bridgehead atoms. The summed E-state index contributed by atoms with van der Waals surface area (Å²) in [5.74, 6) is 0.226. The zero-order valence-electron chi connectivity index (χ0n) is 18.7. The maximum Gasteiger partial charge on any atom is 0.326 e. The number of aromatic nitrogens is 1. The number of para-hydroxylation sites is 2. The number of ether oxygens (including phenoxy) is 2. The van der Waals surface area contributed by atoms with Crippen molar-refractivity contribution in [2.45, 2.75) is 27.3 Å². The first kappa shape index (κ1) is 22.5. The lowest BCUT2D eigenvalue weighted by Gasteiger charge is -2.09. The number of carbonyl (C=O) groups is 2. The van der Waals surface area contributed by atoms with Gasteiger partial charge in [0.15, 0.2) is 4.80 Å². The van der Waals surface area contributed by atoms with E-state index in [2.05, 4.69) is 4.99 Å². The van der Waals surface area contributed by atoms with Crippen molar-refractivity contribution in [3.05, 3.63) is 88.2 Å². The van der Waals surface area contributed by atoms with Crippen LogP contribution in [-0.2, 0) is 16.1 Å². The van der Waals surface area contributed by atoms with Crippen LogP contribution >= 0.6 is 11.3 Å². The number of esters is 1. The van der Waals surface area contributed by atoms with Crippen LogP contribution in [0.15, 0.2) is 71.7 Å². The zero-order chi connectivity index (χ0) is 23.4. The van der Waals surface area contributed by atoms with E-state index in [1.807, 2.05) is 62.4 Å². The van der Waals surface area contributed by atoms with Crippen LogP contribution in [0.25, 0.3) is 10.2 Å². The predicted molar refractivity (Wildman–Crippen MR) is 129 cm³/mol. The second-order valence-corrected chi connectivity index (χ2v) is 8.54. The highest BCUT2D eigenvalue weighted by Gasteiger charge is 2.17. The van der Waals surface area contributed by atoms with Crippen molar-refractivity contribution in [2.75, 3.05) is 6.61 Å². The van der Waals surface area contributed by atoms with E-state index in [0.29, 0.717) is 21.9 Å². The fraction of sp³-hybridized carbons (Fsp3) is 0.192. The van der Waals surface area contributed by atoms with Gasteiger partial charge in [-0.15, -0.1) is 0 Å². The molecule has 0 spiro atoms. The van der Waals surface area contributed by atoms with Crippen molar-refractivity contribution in [1.82, 2.24) is 4.57 Å². The highest BCUT2D eigenvalue weighted by molar-refractivity contribution is 7.16. The summed E-state index contributed by atoms with van der Waals surface area (Å²) < 4.78 is 13.8. The van der Waals surface area contributed by atoms with Gasteiger partial charge in [-0.1, -0.05) is 47.7 Å². The number of thiazole rings is 1. The van der Waals surface area contributed by atoms with Gasteiger partial charge in [0.1, 0.15) is 18.0 Å². The van der Waals surface area contributed by atoms with Crippen LogP contribution in [0.4, 0.5) is 0 Å². The largest absolute Gasteiger partial charge is 0.465 e. The van der Waals surface area contributed by atoms with E-state index < -0.39 is 5.91 Å². The van der Waals surface area contributed by atoms with Crippen molar-refractivity contribution >= 4 is 33.4 Å². The standard InChI is InChI=1S/C26H24N2O4S/c1-4-31-23(29)16-28-24-18(3)14-17(2)15-22(24)33-26(28)27-25(30)20-12-8-9-13-21(20)32-19-10-6-5-7-11-19/h5-15H,4,16H2,1-3H3. The van der Waals surface area contributed by atoms with Crippen LogP contribution < -0.4 is 9.54 Å². The normalized spacial score (nSPS) is 11.5. The Morgan fingerprint density at radius 3 is 2.48 bits per heavy atom. The van der Waals surface area contributed by atoms with Crippen molar-refractivity contribution < 1.29 is 19.1 Å². The summed E-state index contributed by atoms with van der Waals surface area (Å²) in [5.41, 5.74) is 3.32. The highest BCUT2D eigenvalue weighted by Crippen LogP contribution is 2.26. The highest BCUT2D eigenvalue weighted by atomic mass is 32.1. The van der Waals surface area contributed by atoms with E-state index >= 15 is 0 Å². The maximum atomic E-state index is 13.2. The number of hydrogen-bond donors (Lipinski definition) is 0. The second kappa shape index (κ2) is 9.83. The number of nitrogens with zero attached hydrogens (tertiary/aromatic N) is 2. The first-order valence-corrected chi connectivity index (χ1v) is 11.4. The summed E-state index contributed by atoms with van der Waals surface area (Å²) in [6.45, 7) is 6.03. The monoisotopic (exact) mass is 460 g/mol. The summed E-state index contributed by atoms with van der Waals surface area (Å²) in [4.78, 5) is 30.4. The fourth-order valence-electron chi connectivity index (χ4n) is 3.65. The average molecular weight is 461 g/mol. The molecule has 6 nitrogen and oxygen atoms in total. The van der Waals surface area contributed by atoms with Gasteiger partial charge in [0.05, 0.1) is 22.4 Å². The van der Waals surface area contributed by atoms with Crippen molar-refractivity contribution in [3.8, 4) is 11.5 Å². The summed E-state index contributed by atoms with van der Waals surface area (Å²) in [6.07, 6.45) is 0. The molecule has 0 unspecified atom stereocenters. The van der Waals surface area contributed by atoms with Crippen molar-refractivity contribution in [3.63, 3.8) is 0 Å². The summed E-state index contributed by atoms with van der Waals surface area (Å²) >= 11 is 1.37. The Morgan fingerprint density at radius 1 is 1.00 bits per heavy atom. The molecule has 0 saturated carbocycles. The molecule has 0 atom stereocenters. The van der Waals surface area contributed by atoms with E-state index in [-0.39, 0.29) is 19.1 Å². The molecule has 1 amide bonds. The molecule has 4 aromatic rings. The molecule has 33 heavy (non-hydrogen) atoms. The lowest BCUT2D eigenvalue weighted by atomic mass is 10.1. The molecule has 7 heteroatoms. The molecule has 1 aromatic heterocycles. The molecule has 168 valence electrons. The lowest BCUT2D eigenvalue weighted by Crippen LogP contribution is -2.23. The number of rotatable bonds is 6. The minimum Gasteiger partial charge on any atom is -0.465 e. The maximum absolute atomic E-state index is 13.2. The zero-order valence-corrected chi connectivity index (χ0v) is 19.5. The van der Waals surface area contributed by atoms with E-state index in [9.17, 15) is 9.59 Å². The topological polar surface area (TPSA) is 69.9 Å². The molecule has 0 radical (unpaired) electrons. The Balaban J connectivity index is 1.80. The van der Waals surface area contributed by atoms with Gasteiger partial charge in [0, 0.05) is 0 Å². The number of hydrogen-bond acceptors (Lipinski definition) is 5. The van der Waals surface area contributed by atoms with Gasteiger partial charge in [-0.05, 0) is 62.2 Å². The molecule has 0 N–H and O–H groups in total. The molecular weight excluding hydrogens is 436 g/mol. The van der Waals surface area contributed by atoms with Gasteiger partial charge in [0.2, 0.25) is 0 Å². The first-order valence-electron chi connectivity index (χ1n) is 10.6. The summed E-state index contributed by atoms with van der Waals surface area (Å²) in [5, 5.41) is 0. The van der Waals surface area contributed by atoms with E-state index in [1.54, 1.807) is 29.7 Å². The van der Waals surface area contributed by atoms with E-state index in [0.717, 1.165) is 21.3 Å². The van der Waals surface area contributed by atoms with Gasteiger partial charge >= 0.3 is 5.97 Å². The van der Waals surface area contributed by atoms with Crippen LogP contribution in [-0.4, -0.2) is 23.1 Å². The Morgan fingerprint density at radius 2 is 1.73 bits per heavy atom. The average Bonchev–Trinajstić information content (AvgIpc) is 3.11. The third-order valence-electron chi connectivity index (χ3n) is 4.99. The third-order valence-corrected chi connectivity index (χ3v) is 6.02. The minimum atomic E-state index is -0.444. The first-order chi connectivity index (χ1) is 16.0. The summed E-state index contributed by atoms with van der Waals surface area (Å²) in [7, 11) is 0. The van der Waals surface area contributed by atoms with Crippen molar-refractivity contribution in [1.29, 1.82) is 0 Å². The smallest absolute Gasteiger partial charge is 0.326 e. The van der Waals surface area contributed by atoms with Gasteiger partial charge in [0.25, 0.3) is 5.91 Å². The molecule has 0 aliphatic rings. The summed E-state index contributed by atoms with van der Waals surface area (Å²) in [6, 6.07) is 20.3. The van der Waals surface area contributed by atoms with Crippen LogP contribution in [0.5, 0.6) is 11.5 Å². The Kier molecular flexibility index (Phi) is 6.70. The van der Waals surface area contributed by atoms with Gasteiger partial charge < -0.3 is 14.0 Å². The Labute approximate surface area is 195 Å². The molecular formula is C26H24N2O4S. The number of fused-ring (bicyclic) bond motifs is 1. The minimum absolute atomic E-state index is 0.0218. The fourth-order valence-corrected chi connectivity index (χ4v) is 4.86. The predicted octanol–water partition coefficient (Wildman–Crippen LogP) is 5.42. The Bertz CT molecular complexity index is 1390. The lowest BCUT2D eigenvalue weighted by molar-refractivity contribution is -0.143. The molecule has 1 heterocycles. The SMILES string of the molecule is CCOC(=O)Cn1c(=NC(=O)c2ccccc2Oc2ccccc2)sc2cc(C)cc(C)c21. The van der Waals surface area contributed by atoms with Crippen LogP contribution in [0.1, 0.15) is 28.4 Å². The quantitative estimate of drug-likeness (QED) is 0.361. The Hall–Kier alpha value is -3.71. The number of benzene rings is 3. The molecule has 0 aliphatic carbocycles. The van der Waals surface area contributed by atoms with Crippen LogP contribution in [0, 0.1) is 13.8 Å². The molecule has 0 saturated heterocycles. The van der Waals surface area contributed by atoms with Gasteiger partial charge in [-0.25, -0.2) is 0 Å². The van der Waals surface area contributed by atoms with E-state index in [1.165, 1.54) is 11.3 Å². The number of carbonyl (C=O) groups excluding carboxylic acids is 2.